The van der Waals surface area contributed by atoms with Gasteiger partial charge in [0.2, 0.25) is 5.91 Å². The number of nitrogens with zero attached hydrogens (tertiary/aromatic N) is 2. The molecule has 0 bridgehead atoms. The van der Waals surface area contributed by atoms with Gasteiger partial charge in [-0.05, 0) is 19.1 Å². The molecule has 4 nitrogen and oxygen atoms in total. The molecule has 2 rings (SSSR count). The van der Waals surface area contributed by atoms with E-state index in [0.717, 1.165) is 16.6 Å². The van der Waals surface area contributed by atoms with Crippen LogP contribution < -0.4 is 5.32 Å². The van der Waals surface area contributed by atoms with Crippen LogP contribution in [-0.2, 0) is 11.3 Å². The second-order valence-corrected chi connectivity index (χ2v) is 4.41. The second-order valence-electron chi connectivity index (χ2n) is 4.41. The highest BCUT2D eigenvalue weighted by Crippen LogP contribution is 2.11. The van der Waals surface area contributed by atoms with Crippen LogP contribution >= 0.6 is 0 Å². The number of aromatic nitrogens is 2. The number of fused-ring (bicyclic) bond motifs is 1. The van der Waals surface area contributed by atoms with E-state index in [2.05, 4.69) is 16.9 Å². The zero-order chi connectivity index (χ0) is 13.0. The van der Waals surface area contributed by atoms with Gasteiger partial charge in [0.15, 0.2) is 0 Å². The van der Waals surface area contributed by atoms with E-state index in [1.807, 2.05) is 35.8 Å². The molecule has 0 saturated carbocycles. The zero-order valence-electron chi connectivity index (χ0n) is 10.5. The first kappa shape index (κ1) is 12.4. The van der Waals surface area contributed by atoms with Crippen molar-refractivity contribution in [3.63, 3.8) is 0 Å². The number of carbonyl (C=O) groups is 1. The van der Waals surface area contributed by atoms with E-state index < -0.39 is 0 Å². The summed E-state index contributed by atoms with van der Waals surface area (Å²) in [4.78, 5) is 15.9. The Morgan fingerprint density at radius 1 is 1.44 bits per heavy atom. The predicted molar refractivity (Wildman–Crippen MR) is 72.2 cm³/mol. The van der Waals surface area contributed by atoms with Gasteiger partial charge in [0, 0.05) is 19.5 Å². The number of carbonyl (C=O) groups excluding carboxylic acids is 1. The molecule has 18 heavy (non-hydrogen) atoms. The van der Waals surface area contributed by atoms with Crippen LogP contribution in [0, 0.1) is 0 Å². The molecule has 0 spiro atoms. The molecule has 1 heterocycles. The molecule has 0 radical (unpaired) electrons. The smallest absolute Gasteiger partial charge is 0.222 e. The van der Waals surface area contributed by atoms with Gasteiger partial charge in [0.05, 0.1) is 17.4 Å². The van der Waals surface area contributed by atoms with Crippen LogP contribution in [-0.4, -0.2) is 22.0 Å². The molecule has 0 aliphatic carbocycles. The van der Waals surface area contributed by atoms with Crippen LogP contribution in [0.4, 0.5) is 0 Å². The van der Waals surface area contributed by atoms with Crippen molar-refractivity contribution >= 4 is 16.9 Å². The lowest BCUT2D eigenvalue weighted by molar-refractivity contribution is -0.121. The van der Waals surface area contributed by atoms with Crippen molar-refractivity contribution in [1.82, 2.24) is 14.9 Å². The highest BCUT2D eigenvalue weighted by molar-refractivity contribution is 5.77. The molecule has 1 amide bonds. The summed E-state index contributed by atoms with van der Waals surface area (Å²) in [6, 6.07) is 7.90. The van der Waals surface area contributed by atoms with E-state index in [4.69, 9.17) is 0 Å². The minimum atomic E-state index is 0.0378. The van der Waals surface area contributed by atoms with Crippen molar-refractivity contribution in [3.8, 4) is 0 Å². The third kappa shape index (κ3) is 2.97. The first-order valence-electron chi connectivity index (χ1n) is 5.98. The number of hydrogen-bond donors (Lipinski definition) is 1. The SMILES string of the molecule is C=C(C)CNC(=O)CCn1cnc2ccccc21. The van der Waals surface area contributed by atoms with Crippen LogP contribution in [0.15, 0.2) is 42.7 Å². The molecule has 0 unspecified atom stereocenters. The quantitative estimate of drug-likeness (QED) is 0.818. The van der Waals surface area contributed by atoms with Gasteiger partial charge in [-0.2, -0.15) is 0 Å². The first-order valence-corrected chi connectivity index (χ1v) is 5.98. The van der Waals surface area contributed by atoms with Gasteiger partial charge in [-0.3, -0.25) is 4.79 Å². The maximum absolute atomic E-state index is 11.6. The lowest BCUT2D eigenvalue weighted by Crippen LogP contribution is -2.25. The summed E-state index contributed by atoms with van der Waals surface area (Å²) in [6.45, 7) is 6.83. The zero-order valence-corrected chi connectivity index (χ0v) is 10.5. The number of rotatable bonds is 5. The Morgan fingerprint density at radius 3 is 3.00 bits per heavy atom. The monoisotopic (exact) mass is 243 g/mol. The lowest BCUT2D eigenvalue weighted by atomic mass is 10.3. The predicted octanol–water partition coefficient (Wildman–Crippen LogP) is 2.12. The third-order valence-electron chi connectivity index (χ3n) is 2.69. The van der Waals surface area contributed by atoms with Gasteiger partial charge in [-0.15, -0.1) is 0 Å². The maximum Gasteiger partial charge on any atom is 0.222 e. The number of aryl methyl sites for hydroxylation is 1. The summed E-state index contributed by atoms with van der Waals surface area (Å²) < 4.78 is 2.00. The third-order valence-corrected chi connectivity index (χ3v) is 2.69. The van der Waals surface area contributed by atoms with Gasteiger partial charge in [0.25, 0.3) is 0 Å². The number of para-hydroxylation sites is 2. The fourth-order valence-corrected chi connectivity index (χ4v) is 1.75. The van der Waals surface area contributed by atoms with Crippen LogP contribution in [0.25, 0.3) is 11.0 Å². The molecule has 0 saturated heterocycles. The molecule has 0 fully saturated rings. The first-order chi connectivity index (χ1) is 8.66. The Morgan fingerprint density at radius 2 is 2.22 bits per heavy atom. The number of hydrogen-bond acceptors (Lipinski definition) is 2. The van der Waals surface area contributed by atoms with Crippen molar-refractivity contribution < 1.29 is 4.79 Å². The molecular weight excluding hydrogens is 226 g/mol. The fraction of sp³-hybridized carbons (Fsp3) is 0.286. The van der Waals surface area contributed by atoms with Crippen LogP contribution in [0.5, 0.6) is 0 Å². The highest BCUT2D eigenvalue weighted by atomic mass is 16.1. The van der Waals surface area contributed by atoms with Gasteiger partial charge >= 0.3 is 0 Å². The normalized spacial score (nSPS) is 10.5. The van der Waals surface area contributed by atoms with Crippen molar-refractivity contribution in [3.05, 3.63) is 42.7 Å². The molecule has 2 aromatic rings. The Kier molecular flexibility index (Phi) is 3.77. The number of imidazole rings is 1. The summed E-state index contributed by atoms with van der Waals surface area (Å²) in [5.41, 5.74) is 2.97. The van der Waals surface area contributed by atoms with Gasteiger partial charge < -0.3 is 9.88 Å². The molecule has 0 aliphatic rings. The lowest BCUT2D eigenvalue weighted by Gasteiger charge is -2.06. The Hall–Kier alpha value is -2.10. The van der Waals surface area contributed by atoms with E-state index in [9.17, 15) is 4.79 Å². The molecule has 0 aliphatic heterocycles. The van der Waals surface area contributed by atoms with E-state index in [0.29, 0.717) is 19.5 Å². The molecular formula is C14H17N3O. The van der Waals surface area contributed by atoms with E-state index >= 15 is 0 Å². The average molecular weight is 243 g/mol. The Labute approximate surface area is 106 Å². The number of nitrogens with one attached hydrogen (secondary N) is 1. The minimum Gasteiger partial charge on any atom is -0.352 e. The van der Waals surface area contributed by atoms with E-state index in [1.165, 1.54) is 0 Å². The van der Waals surface area contributed by atoms with Gasteiger partial charge in [-0.25, -0.2) is 4.98 Å². The summed E-state index contributed by atoms with van der Waals surface area (Å²) >= 11 is 0. The van der Waals surface area contributed by atoms with Crippen LogP contribution in [0.1, 0.15) is 13.3 Å². The minimum absolute atomic E-state index is 0.0378. The topological polar surface area (TPSA) is 46.9 Å². The molecule has 0 atom stereocenters. The van der Waals surface area contributed by atoms with Crippen molar-refractivity contribution in [2.75, 3.05) is 6.54 Å². The molecule has 1 N–H and O–H groups in total. The highest BCUT2D eigenvalue weighted by Gasteiger charge is 2.04. The summed E-state index contributed by atoms with van der Waals surface area (Å²) in [7, 11) is 0. The molecule has 1 aromatic heterocycles. The van der Waals surface area contributed by atoms with Crippen LogP contribution in [0.2, 0.25) is 0 Å². The largest absolute Gasteiger partial charge is 0.352 e. The summed E-state index contributed by atoms with van der Waals surface area (Å²) in [5, 5.41) is 2.82. The number of amides is 1. The van der Waals surface area contributed by atoms with E-state index in [1.54, 1.807) is 6.33 Å². The van der Waals surface area contributed by atoms with Gasteiger partial charge in [0.1, 0.15) is 0 Å². The Bertz CT molecular complexity index is 571. The van der Waals surface area contributed by atoms with E-state index in [-0.39, 0.29) is 5.91 Å². The van der Waals surface area contributed by atoms with Crippen molar-refractivity contribution in [2.45, 2.75) is 19.9 Å². The summed E-state index contributed by atoms with van der Waals surface area (Å²) in [6.07, 6.45) is 2.23. The average Bonchev–Trinajstić information content (AvgIpc) is 2.77. The van der Waals surface area contributed by atoms with Crippen molar-refractivity contribution in [2.24, 2.45) is 0 Å². The fourth-order valence-electron chi connectivity index (χ4n) is 1.75. The Balaban J connectivity index is 1.94. The second kappa shape index (κ2) is 5.49. The molecule has 1 aromatic carbocycles. The maximum atomic E-state index is 11.6. The van der Waals surface area contributed by atoms with Crippen LogP contribution in [0.3, 0.4) is 0 Å². The molecule has 94 valence electrons. The van der Waals surface area contributed by atoms with Gasteiger partial charge in [-0.1, -0.05) is 24.3 Å². The standard InChI is InChI=1S/C14H17N3O/c1-11(2)9-15-14(18)7-8-17-10-16-12-5-3-4-6-13(12)17/h3-6,10H,1,7-9H2,2H3,(H,15,18). The van der Waals surface area contributed by atoms with Crippen molar-refractivity contribution in [1.29, 1.82) is 0 Å². The molecule has 4 heteroatoms. The number of benzene rings is 1. The summed E-state index contributed by atoms with van der Waals surface area (Å²) in [5.74, 6) is 0.0378.